The third kappa shape index (κ3) is 7.72. The van der Waals surface area contributed by atoms with Gasteiger partial charge >= 0.3 is 18.5 Å². The average molecular weight is 529 g/mol. The van der Waals surface area contributed by atoms with Gasteiger partial charge in [0.05, 0.1) is 24.4 Å². The number of rotatable bonds is 13. The van der Waals surface area contributed by atoms with Crippen LogP contribution in [0.2, 0.25) is 0 Å². The van der Waals surface area contributed by atoms with Crippen LogP contribution in [0.1, 0.15) is 37.7 Å². The number of carbonyl (C=O) groups is 1. The Balaban J connectivity index is 2.00. The fraction of sp³-hybridized carbons (Fsp3) is 0.500. The van der Waals surface area contributed by atoms with Crippen LogP contribution in [-0.4, -0.2) is 63.1 Å². The third-order valence-electron chi connectivity index (χ3n) is 6.18. The molecule has 2 aromatic carbocycles. The number of anilines is 3. The van der Waals surface area contributed by atoms with Crippen LogP contribution in [0.5, 0.6) is 5.75 Å². The molecule has 1 fully saturated rings. The lowest BCUT2D eigenvalue weighted by molar-refractivity contribution is -0.253. The molecule has 0 amide bonds. The fourth-order valence-corrected chi connectivity index (χ4v) is 4.46. The number of hydrogen-bond donors (Lipinski definition) is 2. The Kier molecular flexibility index (Phi) is 9.99. The first-order chi connectivity index (χ1) is 17.6. The van der Waals surface area contributed by atoms with Crippen LogP contribution in [0.3, 0.4) is 0 Å². The Morgan fingerprint density at radius 3 is 2.57 bits per heavy atom. The number of hydrogen-bond acceptors (Lipinski definition) is 6. The zero-order chi connectivity index (χ0) is 27.0. The molecule has 0 unspecified atom stereocenters. The summed E-state index contributed by atoms with van der Waals surface area (Å²) in [6, 6.07) is 11.2. The molecule has 1 aliphatic heterocycles. The van der Waals surface area contributed by atoms with Crippen molar-refractivity contribution in [2.75, 3.05) is 43.7 Å². The molecule has 37 heavy (non-hydrogen) atoms. The molecule has 1 heterocycles. The van der Waals surface area contributed by atoms with Crippen molar-refractivity contribution in [1.29, 1.82) is 0 Å². The third-order valence-corrected chi connectivity index (χ3v) is 6.18. The van der Waals surface area contributed by atoms with Gasteiger partial charge in [0, 0.05) is 50.6 Å². The van der Waals surface area contributed by atoms with Crippen molar-refractivity contribution < 1.29 is 41.7 Å². The molecule has 2 aromatic rings. The molecule has 1 aliphatic rings. The topological polar surface area (TPSA) is 80.3 Å². The lowest BCUT2D eigenvalue weighted by atomic mass is 9.95. The van der Waals surface area contributed by atoms with Gasteiger partial charge in [0.15, 0.2) is 0 Å². The van der Waals surface area contributed by atoms with E-state index in [1.807, 2.05) is 25.1 Å². The van der Waals surface area contributed by atoms with Gasteiger partial charge in [0.2, 0.25) is 0 Å². The molecule has 0 spiro atoms. The van der Waals surface area contributed by atoms with E-state index < -0.39 is 30.2 Å². The Bertz CT molecular complexity index is 1030. The first-order valence-electron chi connectivity index (χ1n) is 12.1. The van der Waals surface area contributed by atoms with Gasteiger partial charge in [-0.3, -0.25) is 4.79 Å². The summed E-state index contributed by atoms with van der Waals surface area (Å²) >= 11 is 0. The highest BCUT2D eigenvalue weighted by Gasteiger charge is 2.44. The molecule has 0 radical (unpaired) electrons. The van der Waals surface area contributed by atoms with Crippen molar-refractivity contribution in [3.63, 3.8) is 0 Å². The number of ether oxygens (including phenoxy) is 3. The Labute approximate surface area is 213 Å². The van der Waals surface area contributed by atoms with Crippen molar-refractivity contribution in [3.8, 4) is 5.75 Å². The van der Waals surface area contributed by atoms with E-state index >= 15 is 0 Å². The highest BCUT2D eigenvalue weighted by molar-refractivity contribution is 5.77. The molecule has 11 heteroatoms. The molecule has 0 saturated carbocycles. The molecule has 7 nitrogen and oxygen atoms in total. The summed E-state index contributed by atoms with van der Waals surface area (Å²) < 4.78 is 67.1. The zero-order valence-corrected chi connectivity index (χ0v) is 20.8. The maximum Gasteiger partial charge on any atom is 0.461 e. The quantitative estimate of drug-likeness (QED) is 0.315. The highest BCUT2D eigenvalue weighted by Crippen LogP contribution is 2.37. The first-order valence-corrected chi connectivity index (χ1v) is 12.1. The van der Waals surface area contributed by atoms with Crippen LogP contribution in [-0.2, 0) is 14.3 Å². The molecule has 0 aromatic heterocycles. The van der Waals surface area contributed by atoms with Crippen LogP contribution in [0.4, 0.5) is 34.6 Å². The highest BCUT2D eigenvalue weighted by atomic mass is 19.3. The Morgan fingerprint density at radius 2 is 1.95 bits per heavy atom. The summed E-state index contributed by atoms with van der Waals surface area (Å²) in [6.07, 6.45) is -7.10. The summed E-state index contributed by atoms with van der Waals surface area (Å²) in [5, 5.41) is 12.6. The molecular weight excluding hydrogens is 496 g/mol. The summed E-state index contributed by atoms with van der Waals surface area (Å²) in [7, 11) is 1.49. The van der Waals surface area contributed by atoms with E-state index in [0.717, 1.165) is 24.1 Å². The van der Waals surface area contributed by atoms with Crippen molar-refractivity contribution in [2.45, 2.75) is 50.7 Å². The van der Waals surface area contributed by atoms with E-state index in [1.165, 1.54) is 25.3 Å². The van der Waals surface area contributed by atoms with Crippen molar-refractivity contribution in [2.24, 2.45) is 0 Å². The number of carboxylic acids is 1. The number of nitrogens with one attached hydrogen (secondary N) is 1. The van der Waals surface area contributed by atoms with Crippen LogP contribution in [0.25, 0.3) is 0 Å². The van der Waals surface area contributed by atoms with E-state index in [0.29, 0.717) is 31.1 Å². The summed E-state index contributed by atoms with van der Waals surface area (Å²) in [5.74, 6) is -1.81. The van der Waals surface area contributed by atoms with Crippen LogP contribution in [0.15, 0.2) is 42.5 Å². The standard InChI is InChI=1S/C26H32F4N2O5/c1-3-32(20-9-11-36-12-10-20)23-8-7-17(18(16-35-2)14-24(33)34)13-22(23)31-19-5-4-6-21(15-19)37-26(29,30)25(27)28/h4-8,13,15,18,20,25,31H,3,9-12,14,16H2,1-2H3,(H,33,34)/t18-/m0/s1. The first kappa shape index (κ1) is 28.5. The molecule has 0 bridgehead atoms. The number of benzene rings is 2. The van der Waals surface area contributed by atoms with Crippen molar-refractivity contribution in [3.05, 3.63) is 48.0 Å². The normalized spacial score (nSPS) is 15.4. The van der Waals surface area contributed by atoms with E-state index in [9.17, 15) is 27.5 Å². The maximum absolute atomic E-state index is 13.5. The minimum Gasteiger partial charge on any atom is -0.481 e. The summed E-state index contributed by atoms with van der Waals surface area (Å²) in [6.45, 7) is 4.16. The van der Waals surface area contributed by atoms with Gasteiger partial charge in [0.25, 0.3) is 0 Å². The maximum atomic E-state index is 13.5. The molecule has 3 rings (SSSR count). The SMILES string of the molecule is CCN(c1ccc([C@H](COC)CC(=O)O)cc1Nc1cccc(OC(F)(F)C(F)F)c1)C1CCOCC1. The van der Waals surface area contributed by atoms with Gasteiger partial charge < -0.3 is 29.5 Å². The van der Waals surface area contributed by atoms with Gasteiger partial charge in [-0.1, -0.05) is 12.1 Å². The Morgan fingerprint density at radius 1 is 1.22 bits per heavy atom. The second-order valence-corrected chi connectivity index (χ2v) is 8.77. The van der Waals surface area contributed by atoms with E-state index in [-0.39, 0.29) is 19.1 Å². The van der Waals surface area contributed by atoms with Gasteiger partial charge in [0.1, 0.15) is 5.75 Å². The summed E-state index contributed by atoms with van der Waals surface area (Å²) in [4.78, 5) is 13.7. The molecule has 2 N–H and O–H groups in total. The monoisotopic (exact) mass is 528 g/mol. The number of carboxylic acid groups (broad SMARTS) is 1. The molecule has 1 atom stereocenters. The predicted octanol–water partition coefficient (Wildman–Crippen LogP) is 5.88. The zero-order valence-electron chi connectivity index (χ0n) is 20.8. The fourth-order valence-electron chi connectivity index (χ4n) is 4.46. The van der Waals surface area contributed by atoms with E-state index in [1.54, 1.807) is 6.07 Å². The second-order valence-electron chi connectivity index (χ2n) is 8.77. The lowest BCUT2D eigenvalue weighted by Gasteiger charge is -2.37. The van der Waals surface area contributed by atoms with Crippen LogP contribution >= 0.6 is 0 Å². The van der Waals surface area contributed by atoms with Crippen molar-refractivity contribution >= 4 is 23.0 Å². The lowest BCUT2D eigenvalue weighted by Crippen LogP contribution is -2.39. The van der Waals surface area contributed by atoms with Gasteiger partial charge in [-0.2, -0.15) is 17.6 Å². The number of aliphatic carboxylic acids is 1. The molecule has 204 valence electrons. The number of methoxy groups -OCH3 is 1. The van der Waals surface area contributed by atoms with Crippen LogP contribution < -0.4 is 15.0 Å². The smallest absolute Gasteiger partial charge is 0.461 e. The average Bonchev–Trinajstić information content (AvgIpc) is 2.85. The van der Waals surface area contributed by atoms with Crippen molar-refractivity contribution in [1.82, 2.24) is 0 Å². The number of halogens is 4. The second kappa shape index (κ2) is 13.0. The van der Waals surface area contributed by atoms with Gasteiger partial charge in [-0.25, -0.2) is 0 Å². The molecule has 1 saturated heterocycles. The van der Waals surface area contributed by atoms with Gasteiger partial charge in [-0.05, 0) is 49.6 Å². The van der Waals surface area contributed by atoms with E-state index in [4.69, 9.17) is 9.47 Å². The summed E-state index contributed by atoms with van der Waals surface area (Å²) in [5.41, 5.74) is 2.49. The molecule has 0 aliphatic carbocycles. The van der Waals surface area contributed by atoms with Crippen LogP contribution in [0, 0.1) is 0 Å². The number of nitrogens with zero attached hydrogens (tertiary/aromatic N) is 1. The number of alkyl halides is 4. The molecular formula is C26H32F4N2O5. The minimum absolute atomic E-state index is 0.143. The largest absolute Gasteiger partial charge is 0.481 e. The predicted molar refractivity (Wildman–Crippen MR) is 131 cm³/mol. The minimum atomic E-state index is -4.63. The van der Waals surface area contributed by atoms with Gasteiger partial charge in [-0.15, -0.1) is 0 Å². The van der Waals surface area contributed by atoms with E-state index in [2.05, 4.69) is 15.0 Å². The Hall–Kier alpha value is -3.05.